The highest BCUT2D eigenvalue weighted by Gasteiger charge is 2.07. The summed E-state index contributed by atoms with van der Waals surface area (Å²) in [7, 11) is 0. The van der Waals surface area contributed by atoms with Gasteiger partial charge in [0.2, 0.25) is 0 Å². The quantitative estimate of drug-likeness (QED) is 0.310. The predicted molar refractivity (Wildman–Crippen MR) is 97.7 cm³/mol. The zero-order chi connectivity index (χ0) is 18.2. The van der Waals surface area contributed by atoms with Gasteiger partial charge in [-0.2, -0.15) is 0 Å². The average molecular weight is 337 g/mol. The van der Waals surface area contributed by atoms with Crippen molar-refractivity contribution in [3.8, 4) is 0 Å². The van der Waals surface area contributed by atoms with Crippen LogP contribution in [-0.2, 0) is 11.2 Å². The van der Waals surface area contributed by atoms with Crippen LogP contribution < -0.4 is 11.5 Å². The standard InChI is InChI=1S/C19H19N3O3/c20-19(21)22-16-6-2-5-15(12-16)17(23)9-7-13-3-1-4-14(11-13)8-10-18(24)25/h1-6,8,10-12H,7,9H2,(H,24,25)(H4,20,21,22)/b10-8+. The van der Waals surface area contributed by atoms with Crippen molar-refractivity contribution >= 4 is 29.5 Å². The third kappa shape index (κ3) is 5.95. The molecule has 6 heteroatoms. The largest absolute Gasteiger partial charge is 0.478 e. The molecule has 25 heavy (non-hydrogen) atoms. The summed E-state index contributed by atoms with van der Waals surface area (Å²) in [5.41, 5.74) is 13.5. The van der Waals surface area contributed by atoms with Gasteiger partial charge >= 0.3 is 5.97 Å². The second-order valence-electron chi connectivity index (χ2n) is 5.43. The fourth-order valence-corrected chi connectivity index (χ4v) is 2.32. The summed E-state index contributed by atoms with van der Waals surface area (Å²) < 4.78 is 0. The minimum atomic E-state index is -0.999. The molecule has 0 saturated heterocycles. The number of carbonyl (C=O) groups is 2. The van der Waals surface area contributed by atoms with Crippen molar-refractivity contribution in [2.24, 2.45) is 16.5 Å². The van der Waals surface area contributed by atoms with E-state index in [9.17, 15) is 9.59 Å². The molecule has 0 atom stereocenters. The van der Waals surface area contributed by atoms with Crippen LogP contribution in [0.4, 0.5) is 5.69 Å². The van der Waals surface area contributed by atoms with E-state index in [1.54, 1.807) is 24.3 Å². The summed E-state index contributed by atoms with van der Waals surface area (Å²) in [5.74, 6) is -1.07. The first-order valence-corrected chi connectivity index (χ1v) is 7.67. The smallest absolute Gasteiger partial charge is 0.328 e. The van der Waals surface area contributed by atoms with Crippen LogP contribution in [-0.4, -0.2) is 22.8 Å². The molecule has 0 bridgehead atoms. The molecular weight excluding hydrogens is 318 g/mol. The Morgan fingerprint density at radius 2 is 1.84 bits per heavy atom. The van der Waals surface area contributed by atoms with Crippen molar-refractivity contribution in [1.29, 1.82) is 0 Å². The third-order valence-corrected chi connectivity index (χ3v) is 3.44. The van der Waals surface area contributed by atoms with E-state index in [0.717, 1.165) is 17.2 Å². The highest BCUT2D eigenvalue weighted by Crippen LogP contribution is 2.17. The van der Waals surface area contributed by atoms with Crippen LogP contribution in [0.1, 0.15) is 27.9 Å². The first-order chi connectivity index (χ1) is 11.9. The van der Waals surface area contributed by atoms with E-state index in [4.69, 9.17) is 16.6 Å². The Bertz CT molecular complexity index is 837. The Morgan fingerprint density at radius 3 is 2.56 bits per heavy atom. The van der Waals surface area contributed by atoms with E-state index in [1.165, 1.54) is 6.08 Å². The fraction of sp³-hybridized carbons (Fsp3) is 0.105. The van der Waals surface area contributed by atoms with Crippen molar-refractivity contribution in [3.05, 3.63) is 71.3 Å². The minimum absolute atomic E-state index is 0.0147. The van der Waals surface area contributed by atoms with Crippen LogP contribution in [0.25, 0.3) is 6.08 Å². The van der Waals surface area contributed by atoms with Crippen molar-refractivity contribution in [2.45, 2.75) is 12.8 Å². The molecule has 2 aromatic rings. The first kappa shape index (κ1) is 17.9. The number of Topliss-reactive ketones (excluding diaryl/α,β-unsaturated/α-hetero) is 1. The molecule has 5 N–H and O–H groups in total. The van der Waals surface area contributed by atoms with Gasteiger partial charge in [0.05, 0.1) is 5.69 Å². The van der Waals surface area contributed by atoms with Gasteiger partial charge in [0.1, 0.15) is 0 Å². The Kier molecular flexibility index (Phi) is 6.06. The number of aliphatic carboxylic acids is 1. The van der Waals surface area contributed by atoms with Gasteiger partial charge in [-0.25, -0.2) is 9.79 Å². The van der Waals surface area contributed by atoms with Crippen molar-refractivity contribution in [1.82, 2.24) is 0 Å². The van der Waals surface area contributed by atoms with Gasteiger partial charge in [0, 0.05) is 18.1 Å². The van der Waals surface area contributed by atoms with Crippen LogP contribution in [0.5, 0.6) is 0 Å². The monoisotopic (exact) mass is 337 g/mol. The van der Waals surface area contributed by atoms with Crippen LogP contribution in [0.2, 0.25) is 0 Å². The number of guanidine groups is 1. The molecule has 0 aliphatic carbocycles. The zero-order valence-corrected chi connectivity index (χ0v) is 13.6. The molecule has 0 saturated carbocycles. The van der Waals surface area contributed by atoms with Gasteiger partial charge in [0.15, 0.2) is 11.7 Å². The van der Waals surface area contributed by atoms with Crippen LogP contribution in [0, 0.1) is 0 Å². The second kappa shape index (κ2) is 8.44. The molecule has 128 valence electrons. The van der Waals surface area contributed by atoms with Gasteiger partial charge in [-0.1, -0.05) is 36.4 Å². The minimum Gasteiger partial charge on any atom is -0.478 e. The Hall–Kier alpha value is -3.41. The van der Waals surface area contributed by atoms with E-state index >= 15 is 0 Å². The van der Waals surface area contributed by atoms with E-state index in [-0.39, 0.29) is 11.7 Å². The predicted octanol–water partition coefficient (Wildman–Crippen LogP) is 2.50. The number of benzene rings is 2. The van der Waals surface area contributed by atoms with E-state index < -0.39 is 5.97 Å². The van der Waals surface area contributed by atoms with Crippen molar-refractivity contribution in [2.75, 3.05) is 0 Å². The molecule has 2 rings (SSSR count). The number of nitrogens with zero attached hydrogens (tertiary/aromatic N) is 1. The van der Waals surface area contributed by atoms with Gasteiger partial charge in [-0.05, 0) is 35.8 Å². The summed E-state index contributed by atoms with van der Waals surface area (Å²) in [6.45, 7) is 0. The maximum atomic E-state index is 12.4. The molecule has 0 aromatic heterocycles. The lowest BCUT2D eigenvalue weighted by Gasteiger charge is -2.04. The second-order valence-corrected chi connectivity index (χ2v) is 5.43. The Labute approximate surface area is 145 Å². The van der Waals surface area contributed by atoms with Crippen molar-refractivity contribution in [3.63, 3.8) is 0 Å². The van der Waals surface area contributed by atoms with Crippen LogP contribution in [0.15, 0.2) is 59.6 Å². The number of nitrogens with two attached hydrogens (primary N) is 2. The lowest BCUT2D eigenvalue weighted by molar-refractivity contribution is -0.131. The fourth-order valence-electron chi connectivity index (χ4n) is 2.32. The third-order valence-electron chi connectivity index (χ3n) is 3.44. The summed E-state index contributed by atoms with van der Waals surface area (Å²) in [6.07, 6.45) is 3.49. The summed E-state index contributed by atoms with van der Waals surface area (Å²) >= 11 is 0. The SMILES string of the molecule is NC(N)=Nc1cccc(C(=O)CCc2cccc(/C=C/C(=O)O)c2)c1. The molecule has 0 amide bonds. The highest BCUT2D eigenvalue weighted by atomic mass is 16.4. The lowest BCUT2D eigenvalue weighted by Crippen LogP contribution is -2.21. The van der Waals surface area contributed by atoms with Crippen LogP contribution >= 0.6 is 0 Å². The van der Waals surface area contributed by atoms with E-state index in [1.807, 2.05) is 24.3 Å². The molecule has 0 fully saturated rings. The number of aryl methyl sites for hydroxylation is 1. The van der Waals surface area contributed by atoms with Gasteiger partial charge in [-0.3, -0.25) is 4.79 Å². The van der Waals surface area contributed by atoms with Gasteiger partial charge in [-0.15, -0.1) is 0 Å². The Balaban J connectivity index is 2.04. The summed E-state index contributed by atoms with van der Waals surface area (Å²) in [6, 6.07) is 14.2. The number of aliphatic imine (C=N–C) groups is 1. The van der Waals surface area contributed by atoms with E-state index in [2.05, 4.69) is 4.99 Å². The maximum Gasteiger partial charge on any atom is 0.328 e. The van der Waals surface area contributed by atoms with E-state index in [0.29, 0.717) is 24.1 Å². The number of rotatable bonds is 7. The average Bonchev–Trinajstić information content (AvgIpc) is 2.58. The van der Waals surface area contributed by atoms with Crippen molar-refractivity contribution < 1.29 is 14.7 Å². The molecule has 0 heterocycles. The number of carboxylic acid groups (broad SMARTS) is 1. The van der Waals surface area contributed by atoms with Gasteiger partial charge in [0.25, 0.3) is 0 Å². The topological polar surface area (TPSA) is 119 Å². The molecule has 0 unspecified atom stereocenters. The lowest BCUT2D eigenvalue weighted by atomic mass is 10.0. The van der Waals surface area contributed by atoms with Gasteiger partial charge < -0.3 is 16.6 Å². The molecular formula is C19H19N3O3. The summed E-state index contributed by atoms with van der Waals surface area (Å²) in [5, 5.41) is 8.67. The zero-order valence-electron chi connectivity index (χ0n) is 13.6. The number of hydrogen-bond donors (Lipinski definition) is 3. The number of carbonyl (C=O) groups excluding carboxylic acids is 1. The first-order valence-electron chi connectivity index (χ1n) is 7.67. The van der Waals surface area contributed by atoms with Crippen LogP contribution in [0.3, 0.4) is 0 Å². The highest BCUT2D eigenvalue weighted by molar-refractivity contribution is 5.97. The Morgan fingerprint density at radius 1 is 1.08 bits per heavy atom. The molecule has 0 spiro atoms. The molecule has 2 aromatic carbocycles. The number of carboxylic acids is 1. The maximum absolute atomic E-state index is 12.4. The molecule has 0 aliphatic rings. The molecule has 0 radical (unpaired) electrons. The number of hydrogen-bond acceptors (Lipinski definition) is 3. The molecule has 6 nitrogen and oxygen atoms in total. The summed E-state index contributed by atoms with van der Waals surface area (Å²) in [4.78, 5) is 26.9. The number of ketones is 1. The normalized spacial score (nSPS) is 10.6. The molecule has 0 aliphatic heterocycles.